The second-order valence-electron chi connectivity index (χ2n) is 2.46. The average Bonchev–Trinajstić information content (AvgIpc) is 2.79. The van der Waals surface area contributed by atoms with E-state index in [2.05, 4.69) is 47.1 Å². The number of unbranched alkanes of at least 4 members (excludes halogenated alkanes) is 2. The van der Waals surface area contributed by atoms with Crippen molar-refractivity contribution in [3.63, 3.8) is 0 Å². The summed E-state index contributed by atoms with van der Waals surface area (Å²) in [6, 6.07) is 0. The molecule has 0 aliphatic heterocycles. The first-order chi connectivity index (χ1) is 12.7. The van der Waals surface area contributed by atoms with Gasteiger partial charge in [0.1, 0.15) is 0 Å². The van der Waals surface area contributed by atoms with Crippen molar-refractivity contribution in [1.29, 1.82) is 0 Å². The molecule has 0 N–H and O–H groups in total. The van der Waals surface area contributed by atoms with E-state index in [0.717, 1.165) is 6.42 Å². The monoisotopic (exact) mass is 379 g/mol. The summed E-state index contributed by atoms with van der Waals surface area (Å²) in [7, 11) is 0. The van der Waals surface area contributed by atoms with Crippen molar-refractivity contribution in [3.8, 4) is 0 Å². The predicted molar refractivity (Wildman–Crippen MR) is 141 cm³/mol. The molecule has 0 radical (unpaired) electrons. The van der Waals surface area contributed by atoms with Crippen LogP contribution in [0.1, 0.15) is 136 Å². The molecule has 0 heterocycles. The summed E-state index contributed by atoms with van der Waals surface area (Å²) in [5, 5.41) is 0. The summed E-state index contributed by atoms with van der Waals surface area (Å²) in [6.07, 6.45) is 8.78. The van der Waals surface area contributed by atoms with Crippen molar-refractivity contribution in [1.82, 2.24) is 0 Å². The summed E-state index contributed by atoms with van der Waals surface area (Å²) in [5.41, 5.74) is 0. The molecule has 0 atom stereocenters. The van der Waals surface area contributed by atoms with Crippen LogP contribution in [-0.4, -0.2) is 0 Å². The lowest BCUT2D eigenvalue weighted by Gasteiger charge is -1.79. The van der Waals surface area contributed by atoms with E-state index in [1.807, 2.05) is 96.1 Å². The smallest absolute Gasteiger partial charge is 0.0382 e. The Morgan fingerprint density at radius 2 is 0.654 bits per heavy atom. The molecule has 0 aromatic carbocycles. The summed E-state index contributed by atoms with van der Waals surface area (Å²) in [4.78, 5) is 0. The molecule has 0 aromatic heterocycles. The number of rotatable bonds is 3. The molecule has 0 aliphatic rings. The lowest BCUT2D eigenvalue weighted by Crippen LogP contribution is -1.59. The molecule has 0 saturated heterocycles. The lowest BCUT2D eigenvalue weighted by molar-refractivity contribution is 0.772. The van der Waals surface area contributed by atoms with Crippen LogP contribution in [0.5, 0.6) is 0 Å². The fraction of sp³-hybridized carbons (Fsp3) is 0.769. The van der Waals surface area contributed by atoms with Gasteiger partial charge >= 0.3 is 0 Å². The second kappa shape index (κ2) is 479. The first-order valence-corrected chi connectivity index (χ1v) is 11.4. The molecular weight excluding hydrogens is 312 g/mol. The second-order valence-corrected chi connectivity index (χ2v) is 2.46. The van der Waals surface area contributed by atoms with E-state index in [4.69, 9.17) is 0 Å². The Morgan fingerprint density at radius 3 is 0.654 bits per heavy atom. The molecule has 0 aliphatic carbocycles. The van der Waals surface area contributed by atoms with E-state index in [-0.39, 0.29) is 0 Å². The summed E-state index contributed by atoms with van der Waals surface area (Å²) < 4.78 is 0. The van der Waals surface area contributed by atoms with E-state index in [1.165, 1.54) is 19.3 Å². The van der Waals surface area contributed by atoms with Crippen LogP contribution in [-0.2, 0) is 0 Å². The largest absolute Gasteiger partial charge is 0.106 e. The van der Waals surface area contributed by atoms with Gasteiger partial charge in [0.05, 0.1) is 0 Å². The molecule has 170 valence electrons. The minimum atomic E-state index is 1.08. The van der Waals surface area contributed by atoms with Crippen molar-refractivity contribution in [2.75, 3.05) is 0 Å². The Kier molecular flexibility index (Phi) is 1180. The van der Waals surface area contributed by atoms with Gasteiger partial charge in [0.15, 0.2) is 0 Å². The fourth-order valence-electron chi connectivity index (χ4n) is 0.354. The normalized spacial score (nSPS) is 4.62. The molecule has 0 spiro atoms. The summed E-state index contributed by atoms with van der Waals surface area (Å²) in [6.45, 7) is 45.2. The third kappa shape index (κ3) is 2330. The lowest BCUT2D eigenvalue weighted by atomic mass is 10.3. The van der Waals surface area contributed by atoms with Crippen molar-refractivity contribution < 1.29 is 0 Å². The van der Waals surface area contributed by atoms with Crippen LogP contribution in [0.4, 0.5) is 0 Å². The maximum Gasteiger partial charge on any atom is -0.0382 e. The zero-order valence-corrected chi connectivity index (χ0v) is 22.8. The van der Waals surface area contributed by atoms with Gasteiger partial charge in [0.25, 0.3) is 0 Å². The van der Waals surface area contributed by atoms with Gasteiger partial charge in [-0.25, -0.2) is 0 Å². The zero-order valence-electron chi connectivity index (χ0n) is 22.8. The Balaban J connectivity index is -0.0000000141. The molecule has 0 fully saturated rings. The minimum Gasteiger partial charge on any atom is -0.106 e. The molecular formula is C26H66. The van der Waals surface area contributed by atoms with Crippen molar-refractivity contribution in [2.24, 2.45) is 0 Å². The molecule has 0 bridgehead atoms. The number of hydrogen-bond acceptors (Lipinski definition) is 0. The third-order valence-corrected chi connectivity index (χ3v) is 0.996. The van der Waals surface area contributed by atoms with Crippen LogP contribution in [0, 0.1) is 0 Å². The quantitative estimate of drug-likeness (QED) is 0.428. The van der Waals surface area contributed by atoms with Gasteiger partial charge in [-0.2, -0.15) is 0 Å². The highest BCUT2D eigenvalue weighted by molar-refractivity contribution is 4.60. The Hall–Kier alpha value is -0.780. The SMILES string of the molecule is C=C.C=CC.C=CCC.CC.CC.CC.CC.CC.CC.CCCCC. The molecule has 0 rings (SSSR count). The topological polar surface area (TPSA) is 0 Å². The summed E-state index contributed by atoms with van der Waals surface area (Å²) in [5.74, 6) is 0. The van der Waals surface area contributed by atoms with Crippen LogP contribution >= 0.6 is 0 Å². The van der Waals surface area contributed by atoms with Gasteiger partial charge in [-0.05, 0) is 13.3 Å². The van der Waals surface area contributed by atoms with Gasteiger partial charge in [-0.1, -0.05) is 135 Å². The molecule has 0 unspecified atom stereocenters. The molecule has 0 aromatic rings. The Morgan fingerprint density at radius 1 is 0.538 bits per heavy atom. The average molecular weight is 379 g/mol. The van der Waals surface area contributed by atoms with Gasteiger partial charge < -0.3 is 0 Å². The van der Waals surface area contributed by atoms with E-state index >= 15 is 0 Å². The molecule has 0 nitrogen and oxygen atoms in total. The van der Waals surface area contributed by atoms with E-state index < -0.39 is 0 Å². The van der Waals surface area contributed by atoms with Gasteiger partial charge in [-0.3, -0.25) is 0 Å². The van der Waals surface area contributed by atoms with Gasteiger partial charge in [-0.15, -0.1) is 26.3 Å². The Labute approximate surface area is 175 Å². The molecule has 0 heteroatoms. The first kappa shape index (κ1) is 63.9. The van der Waals surface area contributed by atoms with Crippen molar-refractivity contribution in [2.45, 2.75) is 136 Å². The standard InChI is InChI=1S/C5H12.C4H8.C3H6.6C2H6.C2H4/c1-3-5-4-2;1-3-4-2;1-3-2;7*1-2/h3-5H2,1-2H3;3H,1,4H2,2H3;3H,1H2,2H3;6*1-2H3;1-2H2. The van der Waals surface area contributed by atoms with Gasteiger partial charge in [0.2, 0.25) is 0 Å². The van der Waals surface area contributed by atoms with Crippen LogP contribution in [0.3, 0.4) is 0 Å². The van der Waals surface area contributed by atoms with Gasteiger partial charge in [0, 0.05) is 0 Å². The molecule has 0 saturated carbocycles. The minimum absolute atomic E-state index is 1.08. The summed E-state index contributed by atoms with van der Waals surface area (Å²) >= 11 is 0. The highest BCUT2D eigenvalue weighted by atomic mass is 13.7. The maximum atomic E-state index is 3.48. The Bertz CT molecular complexity index is 70.1. The van der Waals surface area contributed by atoms with Crippen LogP contribution < -0.4 is 0 Å². The highest BCUT2D eigenvalue weighted by Crippen LogP contribution is 1.88. The van der Waals surface area contributed by atoms with Crippen molar-refractivity contribution >= 4 is 0 Å². The molecule has 0 amide bonds. The zero-order chi connectivity index (χ0) is 24.2. The fourth-order valence-corrected chi connectivity index (χ4v) is 0.354. The van der Waals surface area contributed by atoms with E-state index in [0.29, 0.717) is 0 Å². The number of allylic oxidation sites excluding steroid dienone is 2. The highest BCUT2D eigenvalue weighted by Gasteiger charge is 1.68. The van der Waals surface area contributed by atoms with Crippen LogP contribution in [0.15, 0.2) is 38.5 Å². The molecule has 26 heavy (non-hydrogen) atoms. The first-order valence-electron chi connectivity index (χ1n) is 11.4. The maximum absolute atomic E-state index is 3.48. The van der Waals surface area contributed by atoms with E-state index in [9.17, 15) is 0 Å². The van der Waals surface area contributed by atoms with E-state index in [1.54, 1.807) is 6.08 Å². The van der Waals surface area contributed by atoms with Crippen LogP contribution in [0.2, 0.25) is 0 Å². The predicted octanol–water partition coefficient (Wildman–Crippen LogP) is 11.9. The van der Waals surface area contributed by atoms with Crippen molar-refractivity contribution in [3.05, 3.63) is 38.5 Å². The van der Waals surface area contributed by atoms with Crippen LogP contribution in [0.25, 0.3) is 0 Å². The number of hydrogen-bond donors (Lipinski definition) is 0. The third-order valence-electron chi connectivity index (χ3n) is 0.996.